The monoisotopic (exact) mass is 304 g/mol. The summed E-state index contributed by atoms with van der Waals surface area (Å²) in [5.74, 6) is -2.31. The molecule has 0 spiro atoms. The summed E-state index contributed by atoms with van der Waals surface area (Å²) in [6.07, 6.45) is -3.95. The lowest BCUT2D eigenvalue weighted by atomic mass is 10.1. The normalized spacial score (nSPS) is 18.5. The second-order valence-corrected chi connectivity index (χ2v) is 4.71. The summed E-state index contributed by atoms with van der Waals surface area (Å²) >= 11 is 0. The van der Waals surface area contributed by atoms with Gasteiger partial charge in [-0.3, -0.25) is 9.59 Å². The van der Waals surface area contributed by atoms with Gasteiger partial charge in [0.25, 0.3) is 5.91 Å². The summed E-state index contributed by atoms with van der Waals surface area (Å²) in [5, 5.41) is 5.03. The van der Waals surface area contributed by atoms with Crippen LogP contribution in [0.25, 0.3) is 0 Å². The average molecular weight is 304 g/mol. The number of hydrogen-bond donors (Lipinski definition) is 2. The number of alkyl halides is 3. The molecular weight excluding hydrogens is 292 g/mol. The van der Waals surface area contributed by atoms with Gasteiger partial charge in [-0.1, -0.05) is 0 Å². The molecule has 1 heterocycles. The van der Waals surface area contributed by atoms with Crippen molar-refractivity contribution in [2.45, 2.75) is 25.1 Å². The van der Waals surface area contributed by atoms with E-state index in [1.807, 2.05) is 0 Å². The largest absolute Gasteiger partial charge is 0.419 e. The Morgan fingerprint density at radius 3 is 2.67 bits per heavy atom. The second-order valence-electron chi connectivity index (χ2n) is 4.71. The van der Waals surface area contributed by atoms with Crippen LogP contribution < -0.4 is 10.6 Å². The van der Waals surface area contributed by atoms with E-state index in [4.69, 9.17) is 0 Å². The molecule has 2 N–H and O–H groups in total. The number of nitrogens with one attached hydrogen (secondary N) is 2. The summed E-state index contributed by atoms with van der Waals surface area (Å²) in [6.45, 7) is 0.114. The lowest BCUT2D eigenvalue weighted by molar-refractivity contribution is -0.140. The van der Waals surface area contributed by atoms with Crippen LogP contribution >= 0.6 is 0 Å². The van der Waals surface area contributed by atoms with Crippen LogP contribution in [0.4, 0.5) is 17.6 Å². The maximum Gasteiger partial charge on any atom is 0.419 e. The topological polar surface area (TPSA) is 58.2 Å². The Morgan fingerprint density at radius 2 is 2.10 bits per heavy atom. The smallest absolute Gasteiger partial charge is 0.352 e. The van der Waals surface area contributed by atoms with Crippen molar-refractivity contribution in [2.75, 3.05) is 6.54 Å². The summed E-state index contributed by atoms with van der Waals surface area (Å²) in [7, 11) is 0. The van der Waals surface area contributed by atoms with Crippen molar-refractivity contribution in [1.29, 1.82) is 0 Å². The van der Waals surface area contributed by atoms with E-state index in [0.717, 1.165) is 6.07 Å². The van der Waals surface area contributed by atoms with Gasteiger partial charge in [-0.2, -0.15) is 13.2 Å². The molecule has 1 aliphatic heterocycles. The molecule has 1 aromatic carbocycles. The van der Waals surface area contributed by atoms with Gasteiger partial charge < -0.3 is 10.6 Å². The molecule has 2 rings (SSSR count). The molecular formula is C13H12F4N2O2. The summed E-state index contributed by atoms with van der Waals surface area (Å²) in [6, 6.07) is 1.82. The maximum atomic E-state index is 13.1. The van der Waals surface area contributed by atoms with Gasteiger partial charge in [-0.15, -0.1) is 0 Å². The van der Waals surface area contributed by atoms with Crippen molar-refractivity contribution in [3.05, 3.63) is 35.1 Å². The van der Waals surface area contributed by atoms with Gasteiger partial charge in [-0.05, 0) is 24.6 Å². The van der Waals surface area contributed by atoms with Crippen LogP contribution in [-0.2, 0) is 11.0 Å². The Bertz CT molecular complexity index is 572. The first kappa shape index (κ1) is 15.3. The molecule has 1 aromatic rings. The molecule has 0 aliphatic carbocycles. The minimum absolute atomic E-state index is 0.114. The molecule has 21 heavy (non-hydrogen) atoms. The van der Waals surface area contributed by atoms with Crippen LogP contribution in [0.5, 0.6) is 0 Å². The molecule has 0 radical (unpaired) electrons. The van der Waals surface area contributed by atoms with Crippen LogP contribution in [-0.4, -0.2) is 24.4 Å². The Morgan fingerprint density at radius 1 is 1.38 bits per heavy atom. The van der Waals surface area contributed by atoms with Gasteiger partial charge >= 0.3 is 6.18 Å². The van der Waals surface area contributed by atoms with Crippen molar-refractivity contribution in [1.82, 2.24) is 10.6 Å². The molecule has 1 unspecified atom stereocenters. The Kier molecular flexibility index (Phi) is 4.15. The Labute approximate surface area is 117 Å². The third-order valence-corrected chi connectivity index (χ3v) is 3.13. The predicted molar refractivity (Wildman–Crippen MR) is 64.9 cm³/mol. The van der Waals surface area contributed by atoms with Gasteiger partial charge in [0.15, 0.2) is 0 Å². The maximum absolute atomic E-state index is 13.1. The van der Waals surface area contributed by atoms with E-state index in [1.165, 1.54) is 0 Å². The van der Waals surface area contributed by atoms with E-state index in [9.17, 15) is 27.2 Å². The quantitative estimate of drug-likeness (QED) is 0.837. The van der Waals surface area contributed by atoms with Gasteiger partial charge in [0.1, 0.15) is 5.82 Å². The zero-order valence-corrected chi connectivity index (χ0v) is 10.8. The molecule has 1 aliphatic rings. The van der Waals surface area contributed by atoms with Gasteiger partial charge in [0.05, 0.1) is 5.56 Å². The first-order valence-corrected chi connectivity index (χ1v) is 6.21. The average Bonchev–Trinajstić information content (AvgIpc) is 2.81. The van der Waals surface area contributed by atoms with Crippen molar-refractivity contribution in [3.8, 4) is 0 Å². The number of halogens is 4. The highest BCUT2D eigenvalue weighted by molar-refractivity contribution is 5.94. The molecule has 1 saturated heterocycles. The standard InChI is InChI=1S/C13H12F4N2O2/c14-10-3-1-7(5-9(10)13(15,16)17)12(21)18-6-8-2-4-11(20)19-8/h1,3,5,8H,2,4,6H2,(H,18,21)(H,19,20). The van der Waals surface area contributed by atoms with Gasteiger partial charge in [-0.25, -0.2) is 4.39 Å². The van der Waals surface area contributed by atoms with E-state index >= 15 is 0 Å². The van der Waals surface area contributed by atoms with Crippen molar-refractivity contribution in [3.63, 3.8) is 0 Å². The molecule has 0 bridgehead atoms. The zero-order valence-electron chi connectivity index (χ0n) is 10.8. The first-order chi connectivity index (χ1) is 9.77. The van der Waals surface area contributed by atoms with Crippen LogP contribution in [0, 0.1) is 5.82 Å². The van der Waals surface area contributed by atoms with E-state index < -0.39 is 23.5 Å². The fraction of sp³-hybridized carbons (Fsp3) is 0.385. The predicted octanol–water partition coefficient (Wildman–Crippen LogP) is 1.85. The molecule has 1 atom stereocenters. The molecule has 2 amide bonds. The fourth-order valence-electron chi connectivity index (χ4n) is 2.03. The van der Waals surface area contributed by atoms with Crippen LogP contribution in [0.1, 0.15) is 28.8 Å². The molecule has 1 fully saturated rings. The molecule has 8 heteroatoms. The van der Waals surface area contributed by atoms with Crippen molar-refractivity contribution >= 4 is 11.8 Å². The highest BCUT2D eigenvalue weighted by atomic mass is 19.4. The fourth-order valence-corrected chi connectivity index (χ4v) is 2.03. The minimum atomic E-state index is -4.86. The van der Waals surface area contributed by atoms with Crippen LogP contribution in [0.3, 0.4) is 0 Å². The number of rotatable bonds is 3. The molecule has 0 saturated carbocycles. The lowest BCUT2D eigenvalue weighted by Gasteiger charge is -2.13. The highest BCUT2D eigenvalue weighted by Gasteiger charge is 2.34. The number of amides is 2. The van der Waals surface area contributed by atoms with E-state index in [0.29, 0.717) is 25.0 Å². The number of carbonyl (C=O) groups is 2. The Balaban J connectivity index is 2.04. The molecule has 4 nitrogen and oxygen atoms in total. The molecule has 114 valence electrons. The van der Waals surface area contributed by atoms with Gasteiger partial charge in [0, 0.05) is 24.6 Å². The van der Waals surface area contributed by atoms with E-state index in [2.05, 4.69) is 10.6 Å². The first-order valence-electron chi connectivity index (χ1n) is 6.21. The minimum Gasteiger partial charge on any atom is -0.352 e. The van der Waals surface area contributed by atoms with Crippen molar-refractivity contribution < 1.29 is 27.2 Å². The van der Waals surface area contributed by atoms with E-state index in [1.54, 1.807) is 0 Å². The van der Waals surface area contributed by atoms with Crippen LogP contribution in [0.15, 0.2) is 18.2 Å². The van der Waals surface area contributed by atoms with Gasteiger partial charge in [0.2, 0.25) is 5.91 Å². The lowest BCUT2D eigenvalue weighted by Crippen LogP contribution is -2.38. The second kappa shape index (κ2) is 5.71. The third kappa shape index (κ3) is 3.71. The third-order valence-electron chi connectivity index (χ3n) is 3.13. The number of benzene rings is 1. The van der Waals surface area contributed by atoms with E-state index in [-0.39, 0.29) is 24.1 Å². The highest BCUT2D eigenvalue weighted by Crippen LogP contribution is 2.31. The zero-order chi connectivity index (χ0) is 15.6. The molecule has 0 aromatic heterocycles. The number of carbonyl (C=O) groups excluding carboxylic acids is 2. The Hall–Kier alpha value is -2.12. The SMILES string of the molecule is O=C1CCC(CNC(=O)c2ccc(F)c(C(F)(F)F)c2)N1. The summed E-state index contributed by atoms with van der Waals surface area (Å²) in [5.41, 5.74) is -1.77. The van der Waals surface area contributed by atoms with Crippen LogP contribution in [0.2, 0.25) is 0 Å². The summed E-state index contributed by atoms with van der Waals surface area (Å²) < 4.78 is 50.7. The van der Waals surface area contributed by atoms with Crippen molar-refractivity contribution in [2.24, 2.45) is 0 Å². The summed E-state index contributed by atoms with van der Waals surface area (Å²) in [4.78, 5) is 22.7. The number of hydrogen-bond acceptors (Lipinski definition) is 2.